The van der Waals surface area contributed by atoms with E-state index in [1.807, 2.05) is 0 Å². The van der Waals surface area contributed by atoms with E-state index in [9.17, 15) is 55.5 Å². The van der Waals surface area contributed by atoms with Gasteiger partial charge in [-0.3, -0.25) is 9.59 Å². The lowest BCUT2D eigenvalue weighted by Gasteiger charge is -2.49. The van der Waals surface area contributed by atoms with Crippen molar-refractivity contribution in [3.05, 3.63) is 0 Å². The molecule has 3 saturated heterocycles. The Labute approximate surface area is 228 Å². The highest BCUT2D eigenvalue weighted by Gasteiger charge is 2.54. The summed E-state index contributed by atoms with van der Waals surface area (Å²) in [5, 5.41) is 97.2. The first-order valence-corrected chi connectivity index (χ1v) is 12.6. The third kappa shape index (κ3) is 7.05. The molecule has 232 valence electrons. The first-order chi connectivity index (χ1) is 18.8. The summed E-state index contributed by atoms with van der Waals surface area (Å²) in [6.07, 6.45) is -21.5. The number of rotatable bonds is 9. The highest BCUT2D eigenvalue weighted by molar-refractivity contribution is 5.73. The molecule has 11 N–H and O–H groups in total. The summed E-state index contributed by atoms with van der Waals surface area (Å²) in [6.45, 7) is -0.135. The van der Waals surface area contributed by atoms with Crippen LogP contribution in [0.2, 0.25) is 0 Å². The molecule has 3 heterocycles. The van der Waals surface area contributed by atoms with Crippen molar-refractivity contribution in [2.24, 2.45) is 0 Å². The van der Waals surface area contributed by atoms with Crippen molar-refractivity contribution in [2.45, 2.75) is 106 Å². The third-order valence-corrected chi connectivity index (χ3v) is 6.90. The standard InChI is InChI=1S/C22H38N2O16/c1-6(28)23-11-16(33)13(30)8(3-25)37-21(11)40-19-15(32)10(5-27)38-22(17(19)34)39-18-12(24-7(2)29)20(35)36-9(4-26)14(18)31/h8-22,25-27,30-35H,3-5H2,1-2H3,(H,23,28)(H,24,29)/t8-,9-,10-,11-,12-,13-,14+,15+,16-,17-,18-,19+,20+,21+,22+/m1/s1. The Morgan fingerprint density at radius 3 is 1.60 bits per heavy atom. The smallest absolute Gasteiger partial charge is 0.217 e. The summed E-state index contributed by atoms with van der Waals surface area (Å²) in [6, 6.07) is -2.86. The number of hydrogen-bond donors (Lipinski definition) is 11. The van der Waals surface area contributed by atoms with Crippen LogP contribution in [0.1, 0.15) is 13.8 Å². The van der Waals surface area contributed by atoms with Crippen LogP contribution >= 0.6 is 0 Å². The summed E-state index contributed by atoms with van der Waals surface area (Å²) in [5.74, 6) is -1.31. The van der Waals surface area contributed by atoms with Crippen molar-refractivity contribution in [3.63, 3.8) is 0 Å². The van der Waals surface area contributed by atoms with Crippen molar-refractivity contribution < 1.29 is 79.2 Å². The Kier molecular flexibility index (Phi) is 11.5. The lowest BCUT2D eigenvalue weighted by atomic mass is 9.94. The van der Waals surface area contributed by atoms with Crippen LogP contribution in [0.25, 0.3) is 0 Å². The second-order valence-electron chi connectivity index (χ2n) is 9.81. The van der Waals surface area contributed by atoms with Crippen molar-refractivity contribution in [1.82, 2.24) is 10.6 Å². The Morgan fingerprint density at radius 1 is 0.600 bits per heavy atom. The quantitative estimate of drug-likeness (QED) is 0.120. The molecule has 2 amide bonds. The zero-order valence-corrected chi connectivity index (χ0v) is 21.7. The first-order valence-electron chi connectivity index (χ1n) is 12.6. The van der Waals surface area contributed by atoms with E-state index >= 15 is 0 Å². The zero-order chi connectivity index (χ0) is 29.9. The third-order valence-electron chi connectivity index (χ3n) is 6.90. The molecule has 3 rings (SSSR count). The number of ether oxygens (including phenoxy) is 5. The molecule has 0 aromatic heterocycles. The number of nitrogens with one attached hydrogen (secondary N) is 2. The van der Waals surface area contributed by atoms with E-state index in [1.165, 1.54) is 0 Å². The predicted molar refractivity (Wildman–Crippen MR) is 124 cm³/mol. The fourth-order valence-corrected chi connectivity index (χ4v) is 4.86. The molecule has 0 aliphatic carbocycles. The summed E-state index contributed by atoms with van der Waals surface area (Å²) >= 11 is 0. The van der Waals surface area contributed by atoms with E-state index in [2.05, 4.69) is 10.6 Å². The minimum Gasteiger partial charge on any atom is -0.394 e. The van der Waals surface area contributed by atoms with Crippen LogP contribution in [0.4, 0.5) is 0 Å². The van der Waals surface area contributed by atoms with Gasteiger partial charge in [-0.05, 0) is 0 Å². The number of carbonyl (C=O) groups is 2. The van der Waals surface area contributed by atoms with E-state index < -0.39 is 124 Å². The van der Waals surface area contributed by atoms with E-state index in [4.69, 9.17) is 23.7 Å². The Hall–Kier alpha value is -1.62. The number of aliphatic hydroxyl groups excluding tert-OH is 9. The van der Waals surface area contributed by atoms with Gasteiger partial charge in [0, 0.05) is 13.8 Å². The second-order valence-corrected chi connectivity index (χ2v) is 9.81. The maximum absolute atomic E-state index is 11.7. The molecule has 40 heavy (non-hydrogen) atoms. The van der Waals surface area contributed by atoms with Crippen molar-refractivity contribution in [3.8, 4) is 0 Å². The van der Waals surface area contributed by atoms with E-state index in [1.54, 1.807) is 0 Å². The van der Waals surface area contributed by atoms with Crippen LogP contribution in [-0.4, -0.2) is 170 Å². The maximum atomic E-state index is 11.7. The highest BCUT2D eigenvalue weighted by atomic mass is 16.7. The lowest BCUT2D eigenvalue weighted by molar-refractivity contribution is -0.365. The Bertz CT molecular complexity index is 854. The molecule has 3 aliphatic rings. The molecular weight excluding hydrogens is 548 g/mol. The van der Waals surface area contributed by atoms with Crippen molar-refractivity contribution in [1.29, 1.82) is 0 Å². The van der Waals surface area contributed by atoms with Crippen LogP contribution in [-0.2, 0) is 33.3 Å². The average molecular weight is 587 g/mol. The second kappa shape index (κ2) is 14.0. The molecule has 15 atom stereocenters. The van der Waals surface area contributed by atoms with Crippen molar-refractivity contribution in [2.75, 3.05) is 19.8 Å². The average Bonchev–Trinajstić information content (AvgIpc) is 2.90. The SMILES string of the molecule is CC(=O)N[C@@H]1[C@@H](O[C@@H]2O[C@H](CO)[C@H](O)[C@H](O[C@@H]3O[C@H](CO)[C@@H](O)[C@H](O)[C@H]3NC(C)=O)[C@H]2O)[C@@H](O)[C@@H](CO)O[C@@H]1O. The highest BCUT2D eigenvalue weighted by Crippen LogP contribution is 2.32. The zero-order valence-electron chi connectivity index (χ0n) is 21.7. The molecule has 0 aromatic carbocycles. The van der Waals surface area contributed by atoms with Gasteiger partial charge in [0.1, 0.15) is 73.1 Å². The number of carbonyl (C=O) groups excluding carboxylic acids is 2. The van der Waals surface area contributed by atoms with Crippen LogP contribution in [0.3, 0.4) is 0 Å². The topological polar surface area (TPSA) is 286 Å². The molecule has 0 bridgehead atoms. The number of amides is 2. The summed E-state index contributed by atoms with van der Waals surface area (Å²) in [5.41, 5.74) is 0. The Morgan fingerprint density at radius 2 is 1.05 bits per heavy atom. The van der Waals surface area contributed by atoms with Crippen LogP contribution in [0, 0.1) is 0 Å². The monoisotopic (exact) mass is 586 g/mol. The van der Waals surface area contributed by atoms with Gasteiger partial charge >= 0.3 is 0 Å². The largest absolute Gasteiger partial charge is 0.394 e. The number of aliphatic hydroxyl groups is 9. The van der Waals surface area contributed by atoms with Gasteiger partial charge in [-0.1, -0.05) is 0 Å². The Balaban J connectivity index is 1.88. The van der Waals surface area contributed by atoms with Gasteiger partial charge in [0.15, 0.2) is 18.9 Å². The van der Waals surface area contributed by atoms with Crippen LogP contribution < -0.4 is 10.6 Å². The molecule has 0 aromatic rings. The van der Waals surface area contributed by atoms with Gasteiger partial charge in [0.05, 0.1) is 19.8 Å². The lowest BCUT2D eigenvalue weighted by Crippen LogP contribution is -2.69. The van der Waals surface area contributed by atoms with Crippen molar-refractivity contribution >= 4 is 11.8 Å². The normalized spacial score (nSPS) is 46.0. The van der Waals surface area contributed by atoms with Gasteiger partial charge in [-0.25, -0.2) is 0 Å². The molecule has 0 saturated carbocycles. The minimum absolute atomic E-state index is 0.650. The summed E-state index contributed by atoms with van der Waals surface area (Å²) in [4.78, 5) is 23.4. The maximum Gasteiger partial charge on any atom is 0.217 e. The minimum atomic E-state index is -1.94. The fourth-order valence-electron chi connectivity index (χ4n) is 4.86. The van der Waals surface area contributed by atoms with E-state index in [0.717, 1.165) is 13.8 Å². The first kappa shape index (κ1) is 32.9. The number of hydrogen-bond acceptors (Lipinski definition) is 16. The molecule has 0 spiro atoms. The molecule has 0 radical (unpaired) electrons. The van der Waals surface area contributed by atoms with Gasteiger partial charge in [-0.15, -0.1) is 0 Å². The van der Waals surface area contributed by atoms with Crippen LogP contribution in [0.5, 0.6) is 0 Å². The van der Waals surface area contributed by atoms with Gasteiger partial charge < -0.3 is 80.3 Å². The van der Waals surface area contributed by atoms with Crippen LogP contribution in [0.15, 0.2) is 0 Å². The van der Waals surface area contributed by atoms with E-state index in [0.29, 0.717) is 0 Å². The summed E-state index contributed by atoms with van der Waals surface area (Å²) < 4.78 is 27.5. The van der Waals surface area contributed by atoms with Gasteiger partial charge in [-0.2, -0.15) is 0 Å². The molecule has 3 aliphatic heterocycles. The molecule has 3 fully saturated rings. The van der Waals surface area contributed by atoms with E-state index in [-0.39, 0.29) is 0 Å². The van der Waals surface area contributed by atoms with Gasteiger partial charge in [0.2, 0.25) is 11.8 Å². The predicted octanol–water partition coefficient (Wildman–Crippen LogP) is -7.29. The summed E-state index contributed by atoms with van der Waals surface area (Å²) in [7, 11) is 0. The molecule has 0 unspecified atom stereocenters. The molecule has 18 heteroatoms. The fraction of sp³-hybridized carbons (Fsp3) is 0.909. The molecule has 18 nitrogen and oxygen atoms in total. The van der Waals surface area contributed by atoms with Gasteiger partial charge in [0.25, 0.3) is 0 Å². The molecular formula is C22H38N2O16.